The molecule has 1 heterocycles. The number of ether oxygens (including phenoxy) is 1. The first-order valence-corrected chi connectivity index (χ1v) is 7.73. The molecule has 1 atom stereocenters. The van der Waals surface area contributed by atoms with E-state index >= 15 is 0 Å². The van der Waals surface area contributed by atoms with Gasteiger partial charge in [-0.3, -0.25) is 4.79 Å². The van der Waals surface area contributed by atoms with Crippen molar-refractivity contribution >= 4 is 21.8 Å². The Morgan fingerprint density at radius 1 is 1.55 bits per heavy atom. The molecule has 0 bridgehead atoms. The highest BCUT2D eigenvalue weighted by Gasteiger charge is 2.20. The van der Waals surface area contributed by atoms with Gasteiger partial charge in [0.1, 0.15) is 5.75 Å². The van der Waals surface area contributed by atoms with E-state index in [0.29, 0.717) is 18.9 Å². The lowest BCUT2D eigenvalue weighted by Crippen LogP contribution is -2.51. The summed E-state index contributed by atoms with van der Waals surface area (Å²) in [6.07, 6.45) is 1.24. The Morgan fingerprint density at radius 3 is 3.05 bits per heavy atom. The smallest absolute Gasteiger partial charge is 0.223 e. The third-order valence-corrected chi connectivity index (χ3v) is 4.07. The lowest BCUT2D eigenvalue weighted by atomic mass is 10.1. The molecule has 1 N–H and O–H groups in total. The lowest BCUT2D eigenvalue weighted by Gasteiger charge is -2.32. The Kier molecular flexibility index (Phi) is 5.43. The number of nitrogens with one attached hydrogen (secondary N) is 1. The van der Waals surface area contributed by atoms with E-state index in [-0.39, 0.29) is 5.91 Å². The molecule has 1 aromatic carbocycles. The maximum Gasteiger partial charge on any atom is 0.223 e. The molecule has 0 aromatic heterocycles. The van der Waals surface area contributed by atoms with E-state index in [2.05, 4.69) is 28.2 Å². The fourth-order valence-electron chi connectivity index (χ4n) is 2.50. The van der Waals surface area contributed by atoms with Crippen molar-refractivity contribution in [2.24, 2.45) is 0 Å². The summed E-state index contributed by atoms with van der Waals surface area (Å²) in [6.45, 7) is 4.59. The van der Waals surface area contributed by atoms with Crippen LogP contribution < -0.4 is 10.1 Å². The maximum atomic E-state index is 12.2. The number of hydrogen-bond acceptors (Lipinski definition) is 3. The number of piperazine rings is 1. The Hall–Kier alpha value is -1.07. The highest BCUT2D eigenvalue weighted by atomic mass is 79.9. The molecule has 0 radical (unpaired) electrons. The molecule has 0 saturated carbocycles. The van der Waals surface area contributed by atoms with E-state index in [1.165, 1.54) is 0 Å². The van der Waals surface area contributed by atoms with Gasteiger partial charge in [0.05, 0.1) is 7.11 Å². The van der Waals surface area contributed by atoms with E-state index in [4.69, 9.17) is 4.74 Å². The molecule has 0 unspecified atom stereocenters. The number of methoxy groups -OCH3 is 1. The number of aryl methyl sites for hydroxylation is 1. The van der Waals surface area contributed by atoms with Crippen LogP contribution in [0.1, 0.15) is 18.9 Å². The standard InChI is InChI=1S/C15H21BrN2O2/c1-11-10-18(8-7-17-11)15(19)6-3-12-9-13(16)4-5-14(12)20-2/h4-5,9,11,17H,3,6-8,10H2,1-2H3/t11-/m1/s1. The van der Waals surface area contributed by atoms with Gasteiger partial charge >= 0.3 is 0 Å². The zero-order chi connectivity index (χ0) is 14.5. The summed E-state index contributed by atoms with van der Waals surface area (Å²) in [5, 5.41) is 3.35. The second kappa shape index (κ2) is 7.09. The molecule has 1 aromatic rings. The summed E-state index contributed by atoms with van der Waals surface area (Å²) < 4.78 is 6.35. The predicted molar refractivity (Wildman–Crippen MR) is 83.1 cm³/mol. The Balaban J connectivity index is 1.94. The third-order valence-electron chi connectivity index (χ3n) is 3.57. The van der Waals surface area contributed by atoms with Crippen LogP contribution in [0.2, 0.25) is 0 Å². The molecule has 110 valence electrons. The number of nitrogens with zero attached hydrogens (tertiary/aromatic N) is 1. The molecule has 5 heteroatoms. The largest absolute Gasteiger partial charge is 0.496 e. The van der Waals surface area contributed by atoms with E-state index in [9.17, 15) is 4.79 Å². The number of carbonyl (C=O) groups is 1. The van der Waals surface area contributed by atoms with Crippen LogP contribution in [0.4, 0.5) is 0 Å². The maximum absolute atomic E-state index is 12.2. The van der Waals surface area contributed by atoms with Gasteiger partial charge in [0, 0.05) is 36.6 Å². The van der Waals surface area contributed by atoms with Gasteiger partial charge in [0.2, 0.25) is 5.91 Å². The molecule has 1 aliphatic heterocycles. The summed E-state index contributed by atoms with van der Waals surface area (Å²) >= 11 is 3.46. The van der Waals surface area contributed by atoms with Crippen molar-refractivity contribution < 1.29 is 9.53 Å². The SMILES string of the molecule is COc1ccc(Br)cc1CCC(=O)N1CCN[C@H](C)C1. The Labute approximate surface area is 128 Å². The summed E-state index contributed by atoms with van der Waals surface area (Å²) in [5.41, 5.74) is 1.07. The first-order chi connectivity index (χ1) is 9.60. The average molecular weight is 341 g/mol. The number of carbonyl (C=O) groups excluding carboxylic acids is 1. The van der Waals surface area contributed by atoms with E-state index in [0.717, 1.165) is 35.4 Å². The number of benzene rings is 1. The minimum Gasteiger partial charge on any atom is -0.496 e. The fraction of sp³-hybridized carbons (Fsp3) is 0.533. The van der Waals surface area contributed by atoms with Crippen LogP contribution in [-0.2, 0) is 11.2 Å². The minimum absolute atomic E-state index is 0.223. The topological polar surface area (TPSA) is 41.6 Å². The van der Waals surface area contributed by atoms with E-state index in [1.807, 2.05) is 23.1 Å². The summed E-state index contributed by atoms with van der Waals surface area (Å²) in [6, 6.07) is 6.28. The zero-order valence-corrected chi connectivity index (χ0v) is 13.6. The Morgan fingerprint density at radius 2 is 2.35 bits per heavy atom. The predicted octanol–water partition coefficient (Wildman–Crippen LogP) is 2.21. The summed E-state index contributed by atoms with van der Waals surface area (Å²) in [7, 11) is 1.66. The second-order valence-corrected chi connectivity index (χ2v) is 6.07. The van der Waals surface area contributed by atoms with Crippen LogP contribution in [-0.4, -0.2) is 43.6 Å². The molecule has 20 heavy (non-hydrogen) atoms. The van der Waals surface area contributed by atoms with Crippen molar-refractivity contribution in [3.63, 3.8) is 0 Å². The molecule has 0 spiro atoms. The first-order valence-electron chi connectivity index (χ1n) is 6.93. The van der Waals surface area contributed by atoms with Gasteiger partial charge in [-0.2, -0.15) is 0 Å². The molecule has 2 rings (SSSR count). The highest BCUT2D eigenvalue weighted by molar-refractivity contribution is 9.10. The van der Waals surface area contributed by atoms with Gasteiger partial charge in [-0.25, -0.2) is 0 Å². The first kappa shape index (κ1) is 15.3. The van der Waals surface area contributed by atoms with Gasteiger partial charge in [0.15, 0.2) is 0 Å². The van der Waals surface area contributed by atoms with Gasteiger partial charge in [-0.15, -0.1) is 0 Å². The number of halogens is 1. The molecule has 1 fully saturated rings. The number of amides is 1. The van der Waals surface area contributed by atoms with Gasteiger partial charge < -0.3 is 15.0 Å². The molecular formula is C15H21BrN2O2. The van der Waals surface area contributed by atoms with Crippen molar-refractivity contribution in [3.8, 4) is 5.75 Å². The minimum atomic E-state index is 0.223. The quantitative estimate of drug-likeness (QED) is 0.913. The van der Waals surface area contributed by atoms with Gasteiger partial charge in [-0.05, 0) is 37.1 Å². The van der Waals surface area contributed by atoms with Crippen LogP contribution in [0.25, 0.3) is 0 Å². The third kappa shape index (κ3) is 3.96. The zero-order valence-electron chi connectivity index (χ0n) is 12.0. The number of rotatable bonds is 4. The van der Waals surface area contributed by atoms with Crippen molar-refractivity contribution in [2.75, 3.05) is 26.7 Å². The van der Waals surface area contributed by atoms with E-state index in [1.54, 1.807) is 7.11 Å². The number of hydrogen-bond donors (Lipinski definition) is 1. The molecule has 1 aliphatic rings. The highest BCUT2D eigenvalue weighted by Crippen LogP contribution is 2.24. The van der Waals surface area contributed by atoms with Crippen LogP contribution in [0.3, 0.4) is 0 Å². The van der Waals surface area contributed by atoms with Crippen molar-refractivity contribution in [1.29, 1.82) is 0 Å². The van der Waals surface area contributed by atoms with Gasteiger partial charge in [-0.1, -0.05) is 15.9 Å². The van der Waals surface area contributed by atoms with Crippen LogP contribution in [0.15, 0.2) is 22.7 Å². The molecule has 4 nitrogen and oxygen atoms in total. The molecule has 0 aliphatic carbocycles. The molecular weight excluding hydrogens is 320 g/mol. The van der Waals surface area contributed by atoms with Crippen LogP contribution >= 0.6 is 15.9 Å². The monoisotopic (exact) mass is 340 g/mol. The van der Waals surface area contributed by atoms with Crippen molar-refractivity contribution in [3.05, 3.63) is 28.2 Å². The van der Waals surface area contributed by atoms with Crippen LogP contribution in [0, 0.1) is 0 Å². The fourth-order valence-corrected chi connectivity index (χ4v) is 2.91. The second-order valence-electron chi connectivity index (χ2n) is 5.15. The normalized spacial score (nSPS) is 18.9. The lowest BCUT2D eigenvalue weighted by molar-refractivity contribution is -0.132. The van der Waals surface area contributed by atoms with Gasteiger partial charge in [0.25, 0.3) is 0 Å². The Bertz CT molecular complexity index is 479. The molecule has 1 amide bonds. The van der Waals surface area contributed by atoms with Crippen molar-refractivity contribution in [2.45, 2.75) is 25.8 Å². The average Bonchev–Trinajstić information content (AvgIpc) is 2.45. The van der Waals surface area contributed by atoms with Crippen molar-refractivity contribution in [1.82, 2.24) is 10.2 Å². The van der Waals surface area contributed by atoms with Crippen LogP contribution in [0.5, 0.6) is 5.75 Å². The summed E-state index contributed by atoms with van der Waals surface area (Å²) in [4.78, 5) is 14.2. The van der Waals surface area contributed by atoms with E-state index < -0.39 is 0 Å². The summed E-state index contributed by atoms with van der Waals surface area (Å²) in [5.74, 6) is 1.06. The molecule has 1 saturated heterocycles.